The van der Waals surface area contributed by atoms with Gasteiger partial charge in [-0.1, -0.05) is 0 Å². The van der Waals surface area contributed by atoms with Crippen LogP contribution in [0.2, 0.25) is 0 Å². The number of piperazine rings is 1. The molecule has 0 radical (unpaired) electrons. The third kappa shape index (κ3) is 5.73. The molecule has 7 nitrogen and oxygen atoms in total. The maximum absolute atomic E-state index is 12.4. The summed E-state index contributed by atoms with van der Waals surface area (Å²) in [4.78, 5) is 23.9. The van der Waals surface area contributed by atoms with E-state index < -0.39 is 0 Å². The number of carbonyl (C=O) groups excluding carboxylic acids is 1. The number of likely N-dealkylation sites (tertiary alicyclic amines) is 1. The number of amides is 1. The van der Waals surface area contributed by atoms with Crippen molar-refractivity contribution < 1.29 is 9.21 Å². The van der Waals surface area contributed by atoms with E-state index in [9.17, 15) is 4.79 Å². The molecule has 0 saturated carbocycles. The predicted octanol–water partition coefficient (Wildman–Crippen LogP) is 1.88. The molecule has 1 aromatic rings. The van der Waals surface area contributed by atoms with Crippen molar-refractivity contribution >= 4 is 11.9 Å². The van der Waals surface area contributed by atoms with Gasteiger partial charge in [-0.3, -0.25) is 9.79 Å². The van der Waals surface area contributed by atoms with Crippen molar-refractivity contribution in [3.63, 3.8) is 0 Å². The molecule has 2 aliphatic rings. The fourth-order valence-electron chi connectivity index (χ4n) is 3.74. The molecule has 150 valence electrons. The van der Waals surface area contributed by atoms with Crippen LogP contribution in [0.3, 0.4) is 0 Å². The first-order valence-electron chi connectivity index (χ1n) is 10.4. The fraction of sp³-hybridized carbons (Fsp3) is 0.700. The number of guanidine groups is 1. The summed E-state index contributed by atoms with van der Waals surface area (Å²) in [7, 11) is 0. The van der Waals surface area contributed by atoms with Crippen molar-refractivity contribution in [3.05, 3.63) is 24.2 Å². The molecular formula is C20H33N5O2. The number of nitrogens with one attached hydrogen (secondary N) is 1. The number of rotatable bonds is 7. The lowest BCUT2D eigenvalue weighted by Crippen LogP contribution is -2.53. The van der Waals surface area contributed by atoms with Gasteiger partial charge in [0.25, 0.3) is 5.91 Å². The molecule has 0 unspecified atom stereocenters. The van der Waals surface area contributed by atoms with Gasteiger partial charge in [0, 0.05) is 39.3 Å². The monoisotopic (exact) mass is 375 g/mol. The minimum atomic E-state index is -0.0245. The smallest absolute Gasteiger partial charge is 0.289 e. The zero-order valence-corrected chi connectivity index (χ0v) is 16.5. The highest BCUT2D eigenvalue weighted by Crippen LogP contribution is 2.10. The van der Waals surface area contributed by atoms with Crippen LogP contribution in [0.15, 0.2) is 27.8 Å². The number of unbranched alkanes of at least 4 members (excludes halogenated alkanes) is 1. The fourth-order valence-corrected chi connectivity index (χ4v) is 3.74. The van der Waals surface area contributed by atoms with E-state index in [2.05, 4.69) is 22.0 Å². The Labute approximate surface area is 162 Å². The standard InChI is InChI=1S/C20H33N5O2/c1-2-21-20(22-9-3-4-10-23-11-5-6-12-23)25-15-13-24(14-16-25)19(26)18-8-7-17-27-18/h7-8,17H,2-6,9-16H2,1H3,(H,21,22). The first-order valence-corrected chi connectivity index (χ1v) is 10.4. The SMILES string of the molecule is CCNC(=NCCCCN1CCCC1)N1CCN(C(=O)c2ccco2)CC1. The Morgan fingerprint density at radius 3 is 2.52 bits per heavy atom. The highest BCUT2D eigenvalue weighted by atomic mass is 16.3. The number of hydrogen-bond donors (Lipinski definition) is 1. The lowest BCUT2D eigenvalue weighted by molar-refractivity contribution is 0.0657. The van der Waals surface area contributed by atoms with E-state index in [1.165, 1.54) is 38.9 Å². The molecule has 0 aliphatic carbocycles. The molecule has 0 bridgehead atoms. The summed E-state index contributed by atoms with van der Waals surface area (Å²) in [5.74, 6) is 1.37. The molecule has 3 rings (SSSR count). The van der Waals surface area contributed by atoms with Crippen LogP contribution in [-0.4, -0.2) is 85.5 Å². The Balaban J connectivity index is 1.42. The average Bonchev–Trinajstić information content (AvgIpc) is 3.40. The van der Waals surface area contributed by atoms with Crippen molar-refractivity contribution in [2.75, 3.05) is 58.9 Å². The van der Waals surface area contributed by atoms with E-state index in [0.29, 0.717) is 18.8 Å². The summed E-state index contributed by atoms with van der Waals surface area (Å²) in [5.41, 5.74) is 0. The minimum Gasteiger partial charge on any atom is -0.459 e. The summed E-state index contributed by atoms with van der Waals surface area (Å²) in [6.07, 6.45) is 6.61. The second kappa shape index (κ2) is 10.3. The average molecular weight is 376 g/mol. The van der Waals surface area contributed by atoms with Gasteiger partial charge in [-0.05, 0) is 64.4 Å². The van der Waals surface area contributed by atoms with Crippen molar-refractivity contribution in [1.82, 2.24) is 20.0 Å². The van der Waals surface area contributed by atoms with Gasteiger partial charge in [-0.15, -0.1) is 0 Å². The van der Waals surface area contributed by atoms with Gasteiger partial charge in [0.15, 0.2) is 11.7 Å². The zero-order valence-electron chi connectivity index (χ0n) is 16.5. The van der Waals surface area contributed by atoms with Crippen molar-refractivity contribution in [3.8, 4) is 0 Å². The molecule has 27 heavy (non-hydrogen) atoms. The van der Waals surface area contributed by atoms with E-state index in [1.807, 2.05) is 4.90 Å². The summed E-state index contributed by atoms with van der Waals surface area (Å²) >= 11 is 0. The number of carbonyl (C=O) groups is 1. The van der Waals surface area contributed by atoms with Gasteiger partial charge in [0.05, 0.1) is 6.26 Å². The molecule has 7 heteroatoms. The van der Waals surface area contributed by atoms with Crippen LogP contribution in [-0.2, 0) is 0 Å². The predicted molar refractivity (Wildman–Crippen MR) is 107 cm³/mol. The van der Waals surface area contributed by atoms with Crippen LogP contribution in [0.4, 0.5) is 0 Å². The van der Waals surface area contributed by atoms with Gasteiger partial charge in [0.1, 0.15) is 0 Å². The quantitative estimate of drug-likeness (QED) is 0.448. The van der Waals surface area contributed by atoms with Crippen LogP contribution < -0.4 is 5.32 Å². The van der Waals surface area contributed by atoms with Gasteiger partial charge in [0.2, 0.25) is 0 Å². The second-order valence-corrected chi connectivity index (χ2v) is 7.25. The zero-order chi connectivity index (χ0) is 18.9. The third-order valence-corrected chi connectivity index (χ3v) is 5.28. The Hall–Kier alpha value is -2.02. The van der Waals surface area contributed by atoms with Gasteiger partial charge in [-0.2, -0.15) is 0 Å². The first kappa shape index (κ1) is 19.7. The summed E-state index contributed by atoms with van der Waals surface area (Å²) in [6.45, 7) is 10.6. The van der Waals surface area contributed by atoms with Crippen molar-refractivity contribution in [2.24, 2.45) is 4.99 Å². The molecule has 1 amide bonds. The lowest BCUT2D eigenvalue weighted by atomic mass is 10.3. The molecule has 3 heterocycles. The van der Waals surface area contributed by atoms with Gasteiger partial charge in [-0.25, -0.2) is 0 Å². The van der Waals surface area contributed by atoms with E-state index >= 15 is 0 Å². The molecule has 0 spiro atoms. The molecule has 2 aliphatic heterocycles. The number of nitrogens with zero attached hydrogens (tertiary/aromatic N) is 4. The van der Waals surface area contributed by atoms with E-state index in [0.717, 1.165) is 38.6 Å². The van der Waals surface area contributed by atoms with Crippen molar-refractivity contribution in [2.45, 2.75) is 32.6 Å². The largest absolute Gasteiger partial charge is 0.459 e. The molecule has 0 aromatic carbocycles. The minimum absolute atomic E-state index is 0.0245. The highest BCUT2D eigenvalue weighted by Gasteiger charge is 2.25. The summed E-state index contributed by atoms with van der Waals surface area (Å²) in [5, 5.41) is 3.40. The molecular weight excluding hydrogens is 342 g/mol. The molecule has 2 saturated heterocycles. The number of aliphatic imine (C=N–C) groups is 1. The van der Waals surface area contributed by atoms with Crippen molar-refractivity contribution in [1.29, 1.82) is 0 Å². The molecule has 1 N–H and O–H groups in total. The van der Waals surface area contributed by atoms with Crippen LogP contribution in [0, 0.1) is 0 Å². The topological polar surface area (TPSA) is 64.3 Å². The second-order valence-electron chi connectivity index (χ2n) is 7.25. The maximum atomic E-state index is 12.4. The van der Waals surface area contributed by atoms with Crippen LogP contribution in [0.5, 0.6) is 0 Å². The third-order valence-electron chi connectivity index (χ3n) is 5.28. The highest BCUT2D eigenvalue weighted by molar-refractivity contribution is 5.91. The molecule has 1 aromatic heterocycles. The first-order chi connectivity index (χ1) is 13.3. The van der Waals surface area contributed by atoms with Crippen LogP contribution in [0.25, 0.3) is 0 Å². The van der Waals surface area contributed by atoms with E-state index in [-0.39, 0.29) is 5.91 Å². The van der Waals surface area contributed by atoms with Gasteiger partial charge < -0.3 is 24.4 Å². The van der Waals surface area contributed by atoms with Crippen LogP contribution in [0.1, 0.15) is 43.2 Å². The number of furan rings is 1. The molecule has 0 atom stereocenters. The Kier molecular flexibility index (Phi) is 7.56. The Bertz CT molecular complexity index is 588. The Morgan fingerprint density at radius 1 is 1.11 bits per heavy atom. The number of hydrogen-bond acceptors (Lipinski definition) is 4. The summed E-state index contributed by atoms with van der Waals surface area (Å²) in [6, 6.07) is 3.48. The summed E-state index contributed by atoms with van der Waals surface area (Å²) < 4.78 is 5.23. The van der Waals surface area contributed by atoms with E-state index in [1.54, 1.807) is 18.4 Å². The normalized spacial score (nSPS) is 18.9. The Morgan fingerprint density at radius 2 is 1.85 bits per heavy atom. The van der Waals surface area contributed by atoms with Crippen LogP contribution >= 0.6 is 0 Å². The maximum Gasteiger partial charge on any atom is 0.289 e. The molecule has 2 fully saturated rings. The lowest BCUT2D eigenvalue weighted by Gasteiger charge is -2.36. The van der Waals surface area contributed by atoms with Gasteiger partial charge >= 0.3 is 0 Å². The van der Waals surface area contributed by atoms with E-state index in [4.69, 9.17) is 9.41 Å².